The van der Waals surface area contributed by atoms with Gasteiger partial charge in [0.25, 0.3) is 0 Å². The lowest BCUT2D eigenvalue weighted by Crippen LogP contribution is -2.45. The molecule has 2 atom stereocenters. The fourth-order valence-corrected chi connectivity index (χ4v) is 5.18. The van der Waals surface area contributed by atoms with Gasteiger partial charge in [0.2, 0.25) is 5.91 Å². The Balaban J connectivity index is 2.91. The first kappa shape index (κ1) is 33.1. The van der Waals surface area contributed by atoms with Gasteiger partial charge in [-0.2, -0.15) is 0 Å². The van der Waals surface area contributed by atoms with Crippen molar-refractivity contribution in [2.24, 2.45) is 0 Å². The Labute approximate surface area is 223 Å². The summed E-state index contributed by atoms with van der Waals surface area (Å²) in [6.45, 7) is 4.37. The van der Waals surface area contributed by atoms with Gasteiger partial charge in [0.15, 0.2) is 0 Å². The van der Waals surface area contributed by atoms with Crippen LogP contribution in [0.2, 0.25) is 0 Å². The molecule has 9 heteroatoms. The second-order valence-corrected chi connectivity index (χ2v) is 11.8. The van der Waals surface area contributed by atoms with E-state index in [1.54, 1.807) is 0 Å². The van der Waals surface area contributed by atoms with Crippen molar-refractivity contribution in [3.05, 3.63) is 35.9 Å². The van der Waals surface area contributed by atoms with E-state index in [-0.39, 0.29) is 18.7 Å². The largest absolute Gasteiger partial charge is 0.508 e. The SMILES string of the molecule is CCCCCCC[C@@H](OC(=O)OCc1ccccc1)[C@H](CCCP(=O)(OC)OC)NC(=O)CCCCC. The van der Waals surface area contributed by atoms with Gasteiger partial charge in [-0.1, -0.05) is 82.7 Å². The molecule has 0 aliphatic carbocycles. The van der Waals surface area contributed by atoms with Gasteiger partial charge >= 0.3 is 13.8 Å². The molecule has 1 aromatic carbocycles. The molecule has 0 unspecified atom stereocenters. The smallest absolute Gasteiger partial charge is 0.429 e. The second kappa shape index (κ2) is 20.1. The molecule has 0 saturated heterocycles. The average molecular weight is 542 g/mol. The molecule has 0 aromatic heterocycles. The van der Waals surface area contributed by atoms with E-state index in [9.17, 15) is 14.2 Å². The quantitative estimate of drug-likeness (QED) is 0.0983. The predicted octanol–water partition coefficient (Wildman–Crippen LogP) is 7.40. The third kappa shape index (κ3) is 15.2. The van der Waals surface area contributed by atoms with Gasteiger partial charge < -0.3 is 23.8 Å². The van der Waals surface area contributed by atoms with E-state index in [1.807, 2.05) is 30.3 Å². The minimum Gasteiger partial charge on any atom is -0.429 e. The number of ether oxygens (including phenoxy) is 2. The molecule has 1 aromatic rings. The number of unbranched alkanes of at least 4 members (excludes halogenated alkanes) is 6. The standard InChI is InChI=1S/C28H48NO7P/c1-5-7-9-10-15-20-26(36-28(31)35-23-24-17-13-11-14-18-24)25(29-27(30)21-12-8-6-2)19-16-22-37(32,33-3)34-4/h11,13-14,17-18,25-26H,5-10,12,15-16,19-23H2,1-4H3,(H,29,30)/t25-,26+/m0/s1. The normalized spacial score (nSPS) is 13.1. The number of carbonyl (C=O) groups excluding carboxylic acids is 2. The maximum atomic E-state index is 12.7. The Morgan fingerprint density at radius 3 is 2.16 bits per heavy atom. The number of benzene rings is 1. The van der Waals surface area contributed by atoms with Gasteiger partial charge in [-0.25, -0.2) is 4.79 Å². The molecule has 1 rings (SSSR count). The van der Waals surface area contributed by atoms with E-state index >= 15 is 0 Å². The van der Waals surface area contributed by atoms with Crippen LogP contribution in [0.1, 0.15) is 96.5 Å². The van der Waals surface area contributed by atoms with E-state index in [4.69, 9.17) is 18.5 Å². The van der Waals surface area contributed by atoms with Crippen molar-refractivity contribution in [3.8, 4) is 0 Å². The van der Waals surface area contributed by atoms with Crippen LogP contribution < -0.4 is 5.32 Å². The van der Waals surface area contributed by atoms with Crippen molar-refractivity contribution in [1.82, 2.24) is 5.32 Å². The first-order chi connectivity index (χ1) is 17.9. The first-order valence-electron chi connectivity index (χ1n) is 13.7. The van der Waals surface area contributed by atoms with Crippen LogP contribution in [-0.4, -0.2) is 44.6 Å². The van der Waals surface area contributed by atoms with Crippen LogP contribution in [-0.2, 0) is 34.5 Å². The third-order valence-electron chi connectivity index (χ3n) is 6.35. The topological polar surface area (TPSA) is 100 Å². The molecule has 0 fully saturated rings. The monoisotopic (exact) mass is 541 g/mol. The van der Waals surface area contributed by atoms with Gasteiger partial charge in [-0.3, -0.25) is 9.36 Å². The lowest BCUT2D eigenvalue weighted by atomic mass is 9.99. The van der Waals surface area contributed by atoms with Gasteiger partial charge in [0, 0.05) is 20.6 Å². The molecule has 1 N–H and O–H groups in total. The molecule has 0 aliphatic heterocycles. The number of rotatable bonds is 21. The van der Waals surface area contributed by atoms with E-state index in [1.165, 1.54) is 14.2 Å². The fourth-order valence-electron chi connectivity index (χ4n) is 4.09. The zero-order chi connectivity index (χ0) is 27.4. The molecule has 0 spiro atoms. The van der Waals surface area contributed by atoms with Gasteiger partial charge in [-0.05, 0) is 37.7 Å². The van der Waals surface area contributed by atoms with Crippen LogP contribution >= 0.6 is 7.60 Å². The van der Waals surface area contributed by atoms with Crippen LogP contribution in [0.15, 0.2) is 30.3 Å². The average Bonchev–Trinajstić information content (AvgIpc) is 2.91. The summed E-state index contributed by atoms with van der Waals surface area (Å²) < 4.78 is 33.8. The number of amides is 1. The molecule has 8 nitrogen and oxygen atoms in total. The third-order valence-corrected chi connectivity index (χ3v) is 8.32. The Morgan fingerprint density at radius 1 is 0.865 bits per heavy atom. The summed E-state index contributed by atoms with van der Waals surface area (Å²) in [6, 6.07) is 8.99. The highest BCUT2D eigenvalue weighted by Gasteiger charge is 2.29. The molecular formula is C28H48NO7P. The molecule has 0 aliphatic rings. The maximum Gasteiger partial charge on any atom is 0.508 e. The van der Waals surface area contributed by atoms with Crippen molar-refractivity contribution >= 4 is 19.7 Å². The van der Waals surface area contributed by atoms with E-state index < -0.39 is 25.9 Å². The van der Waals surface area contributed by atoms with Gasteiger partial charge in [0.1, 0.15) is 12.7 Å². The summed E-state index contributed by atoms with van der Waals surface area (Å²) in [5, 5.41) is 3.09. The Bertz CT molecular complexity index is 782. The van der Waals surface area contributed by atoms with Crippen molar-refractivity contribution in [3.63, 3.8) is 0 Å². The summed E-state index contributed by atoms with van der Waals surface area (Å²) in [7, 11) is -0.448. The number of hydrogen-bond donors (Lipinski definition) is 1. The van der Waals surface area contributed by atoms with Crippen molar-refractivity contribution in [1.29, 1.82) is 0 Å². The molecule has 1 amide bonds. The maximum absolute atomic E-state index is 12.7. The zero-order valence-corrected chi connectivity index (χ0v) is 24.1. The number of nitrogens with one attached hydrogen (secondary N) is 1. The minimum atomic E-state index is -3.17. The molecular weight excluding hydrogens is 493 g/mol. The number of hydrogen-bond acceptors (Lipinski definition) is 7. The van der Waals surface area contributed by atoms with Crippen LogP contribution in [0.4, 0.5) is 4.79 Å². The van der Waals surface area contributed by atoms with Crippen molar-refractivity contribution in [2.75, 3.05) is 20.4 Å². The lowest BCUT2D eigenvalue weighted by Gasteiger charge is -2.28. The zero-order valence-electron chi connectivity index (χ0n) is 23.2. The Hall–Kier alpha value is -1.89. The predicted molar refractivity (Wildman–Crippen MR) is 147 cm³/mol. The molecule has 0 bridgehead atoms. The summed E-state index contributed by atoms with van der Waals surface area (Å²) in [5.41, 5.74) is 0.867. The van der Waals surface area contributed by atoms with Gasteiger partial charge in [0.05, 0.1) is 12.2 Å². The highest BCUT2D eigenvalue weighted by molar-refractivity contribution is 7.53. The molecule has 0 radical (unpaired) electrons. The van der Waals surface area contributed by atoms with E-state index in [0.29, 0.717) is 25.7 Å². The lowest BCUT2D eigenvalue weighted by molar-refractivity contribution is -0.123. The van der Waals surface area contributed by atoms with Crippen molar-refractivity contribution in [2.45, 2.75) is 110 Å². The summed E-state index contributed by atoms with van der Waals surface area (Å²) in [5.74, 6) is -0.0719. The highest BCUT2D eigenvalue weighted by Crippen LogP contribution is 2.47. The summed E-state index contributed by atoms with van der Waals surface area (Å²) in [4.78, 5) is 25.4. The highest BCUT2D eigenvalue weighted by atomic mass is 31.2. The number of carbonyl (C=O) groups is 2. The van der Waals surface area contributed by atoms with Crippen molar-refractivity contribution < 1.29 is 32.7 Å². The fraction of sp³-hybridized carbons (Fsp3) is 0.714. The summed E-state index contributed by atoms with van der Waals surface area (Å²) in [6.07, 6.45) is 8.99. The Morgan fingerprint density at radius 2 is 1.51 bits per heavy atom. The molecule has 212 valence electrons. The van der Waals surface area contributed by atoms with E-state index in [0.717, 1.165) is 56.9 Å². The van der Waals surface area contributed by atoms with Crippen LogP contribution in [0.5, 0.6) is 0 Å². The summed E-state index contributed by atoms with van der Waals surface area (Å²) >= 11 is 0. The second-order valence-electron chi connectivity index (χ2n) is 9.36. The van der Waals surface area contributed by atoms with Gasteiger partial charge in [-0.15, -0.1) is 0 Å². The van der Waals surface area contributed by atoms with Crippen LogP contribution in [0, 0.1) is 0 Å². The molecule has 0 heterocycles. The first-order valence-corrected chi connectivity index (χ1v) is 15.5. The van der Waals surface area contributed by atoms with E-state index in [2.05, 4.69) is 19.2 Å². The molecule has 37 heavy (non-hydrogen) atoms. The minimum absolute atomic E-state index is 0.0719. The molecule has 0 saturated carbocycles. The van der Waals surface area contributed by atoms with Crippen LogP contribution in [0.25, 0.3) is 0 Å². The Kier molecular flexibility index (Phi) is 18.0. The van der Waals surface area contributed by atoms with Crippen LogP contribution in [0.3, 0.4) is 0 Å².